The highest BCUT2D eigenvalue weighted by atomic mass is 16.2. The standard InChI is InChI=1S/C9H5NO2/c11-8-6-2-4-1-5(4)3-7(6)9(12)10-8/h2-3H,1H2,(H,10,11,12). The minimum absolute atomic E-state index is 0.260. The first-order chi connectivity index (χ1) is 5.75. The first-order valence-electron chi connectivity index (χ1n) is 3.77. The normalized spacial score (nSPS) is 17.0. The molecule has 0 saturated heterocycles. The van der Waals surface area contributed by atoms with Gasteiger partial charge in [0.05, 0.1) is 11.1 Å². The van der Waals surface area contributed by atoms with E-state index in [1.54, 1.807) is 0 Å². The highest BCUT2D eigenvalue weighted by Gasteiger charge is 2.31. The summed E-state index contributed by atoms with van der Waals surface area (Å²) in [4.78, 5) is 22.2. The first-order valence-corrected chi connectivity index (χ1v) is 3.77. The lowest BCUT2D eigenvalue weighted by atomic mass is 10.1. The molecule has 1 aromatic carbocycles. The van der Waals surface area contributed by atoms with Gasteiger partial charge in [0.15, 0.2) is 0 Å². The molecule has 0 bridgehead atoms. The van der Waals surface area contributed by atoms with Gasteiger partial charge in [-0.25, -0.2) is 0 Å². The highest BCUT2D eigenvalue weighted by molar-refractivity contribution is 6.21. The molecule has 1 N–H and O–H groups in total. The van der Waals surface area contributed by atoms with E-state index in [1.165, 1.54) is 11.1 Å². The van der Waals surface area contributed by atoms with Crippen LogP contribution in [-0.2, 0) is 6.42 Å². The Bertz CT molecular complexity index is 395. The van der Waals surface area contributed by atoms with Crippen molar-refractivity contribution < 1.29 is 9.59 Å². The molecule has 3 rings (SSSR count). The van der Waals surface area contributed by atoms with Crippen LogP contribution in [0.5, 0.6) is 0 Å². The van der Waals surface area contributed by atoms with Gasteiger partial charge in [0.2, 0.25) is 0 Å². The number of carbonyl (C=O) groups excluding carboxylic acids is 2. The Hall–Kier alpha value is -1.64. The van der Waals surface area contributed by atoms with Gasteiger partial charge >= 0.3 is 0 Å². The van der Waals surface area contributed by atoms with Crippen LogP contribution in [0.4, 0.5) is 0 Å². The highest BCUT2D eigenvalue weighted by Crippen LogP contribution is 2.32. The fourth-order valence-corrected chi connectivity index (χ4v) is 1.57. The smallest absolute Gasteiger partial charge is 0.258 e. The average Bonchev–Trinajstić information content (AvgIpc) is 2.73. The van der Waals surface area contributed by atoms with Crippen molar-refractivity contribution in [3.8, 4) is 0 Å². The summed E-state index contributed by atoms with van der Waals surface area (Å²) in [6, 6.07) is 3.62. The predicted octanol–water partition coefficient (Wildman–Crippen LogP) is 0.474. The lowest BCUT2D eigenvalue weighted by molar-refractivity contribution is 0.0879. The summed E-state index contributed by atoms with van der Waals surface area (Å²) in [5.41, 5.74) is 3.46. The number of benzene rings is 1. The summed E-state index contributed by atoms with van der Waals surface area (Å²) in [6.45, 7) is 0. The third kappa shape index (κ3) is 0.563. The number of fused-ring (bicyclic) bond motifs is 2. The second-order valence-corrected chi connectivity index (χ2v) is 3.13. The maximum absolute atomic E-state index is 11.1. The molecule has 0 radical (unpaired) electrons. The lowest BCUT2D eigenvalue weighted by Gasteiger charge is -1.88. The van der Waals surface area contributed by atoms with Crippen LogP contribution in [0.3, 0.4) is 0 Å². The molecule has 58 valence electrons. The average molecular weight is 159 g/mol. The van der Waals surface area contributed by atoms with Crippen molar-refractivity contribution in [3.05, 3.63) is 34.4 Å². The van der Waals surface area contributed by atoms with Crippen LogP contribution >= 0.6 is 0 Å². The third-order valence-electron chi connectivity index (χ3n) is 2.31. The van der Waals surface area contributed by atoms with Crippen LogP contribution in [-0.4, -0.2) is 11.8 Å². The fourth-order valence-electron chi connectivity index (χ4n) is 1.57. The summed E-state index contributed by atoms with van der Waals surface area (Å²) >= 11 is 0. The molecule has 0 unspecified atom stereocenters. The molecule has 0 saturated carbocycles. The number of carbonyl (C=O) groups is 2. The number of nitrogens with one attached hydrogen (secondary N) is 1. The molecule has 3 nitrogen and oxygen atoms in total. The molecule has 0 atom stereocenters. The van der Waals surface area contributed by atoms with Crippen molar-refractivity contribution in [3.63, 3.8) is 0 Å². The number of imide groups is 1. The maximum atomic E-state index is 11.1. The molecule has 1 aliphatic carbocycles. The third-order valence-corrected chi connectivity index (χ3v) is 2.31. The van der Waals surface area contributed by atoms with Crippen LogP contribution < -0.4 is 5.32 Å². The Morgan fingerprint density at radius 2 is 1.50 bits per heavy atom. The minimum atomic E-state index is -0.260. The van der Waals surface area contributed by atoms with E-state index in [9.17, 15) is 9.59 Å². The van der Waals surface area contributed by atoms with Gasteiger partial charge in [-0.05, 0) is 29.7 Å². The van der Waals surface area contributed by atoms with Gasteiger partial charge in [-0.3, -0.25) is 14.9 Å². The summed E-state index contributed by atoms with van der Waals surface area (Å²) in [5.74, 6) is -0.519. The summed E-state index contributed by atoms with van der Waals surface area (Å²) in [5, 5.41) is 2.26. The molecule has 3 heteroatoms. The van der Waals surface area contributed by atoms with E-state index >= 15 is 0 Å². The van der Waals surface area contributed by atoms with Crippen molar-refractivity contribution in [2.24, 2.45) is 0 Å². The van der Waals surface area contributed by atoms with Crippen LogP contribution in [0.25, 0.3) is 0 Å². The van der Waals surface area contributed by atoms with Crippen molar-refractivity contribution in [2.75, 3.05) is 0 Å². The SMILES string of the molecule is O=C1NC(=O)c2cc3c(cc21)C3. The molecule has 12 heavy (non-hydrogen) atoms. The van der Waals surface area contributed by atoms with Crippen molar-refractivity contribution in [2.45, 2.75) is 6.42 Å². The Balaban J connectivity index is 2.34. The summed E-state index contributed by atoms with van der Waals surface area (Å²) in [7, 11) is 0. The zero-order valence-corrected chi connectivity index (χ0v) is 6.18. The molecule has 0 spiro atoms. The molecule has 0 aromatic heterocycles. The maximum Gasteiger partial charge on any atom is 0.258 e. The molecule has 1 aliphatic heterocycles. The van der Waals surface area contributed by atoms with E-state index in [1.807, 2.05) is 12.1 Å². The van der Waals surface area contributed by atoms with Gasteiger partial charge in [-0.2, -0.15) is 0 Å². The van der Waals surface area contributed by atoms with E-state index in [4.69, 9.17) is 0 Å². The van der Waals surface area contributed by atoms with E-state index in [2.05, 4.69) is 5.32 Å². The van der Waals surface area contributed by atoms with Gasteiger partial charge in [0.25, 0.3) is 11.8 Å². The molecule has 1 heterocycles. The molecule has 0 fully saturated rings. The Labute approximate surface area is 68.4 Å². The van der Waals surface area contributed by atoms with Gasteiger partial charge < -0.3 is 0 Å². The van der Waals surface area contributed by atoms with Crippen LogP contribution in [0.2, 0.25) is 0 Å². The van der Waals surface area contributed by atoms with Gasteiger partial charge in [-0.15, -0.1) is 0 Å². The lowest BCUT2D eigenvalue weighted by Crippen LogP contribution is -2.19. The summed E-state index contributed by atoms with van der Waals surface area (Å²) in [6.07, 6.45) is 0.938. The quantitative estimate of drug-likeness (QED) is 0.568. The minimum Gasteiger partial charge on any atom is -0.288 e. The Morgan fingerprint density at radius 1 is 1.00 bits per heavy atom. The van der Waals surface area contributed by atoms with E-state index in [0.717, 1.165) is 6.42 Å². The number of hydrogen-bond donors (Lipinski definition) is 1. The number of hydrogen-bond acceptors (Lipinski definition) is 2. The second-order valence-electron chi connectivity index (χ2n) is 3.13. The predicted molar refractivity (Wildman–Crippen MR) is 41.0 cm³/mol. The van der Waals surface area contributed by atoms with Crippen LogP contribution in [0, 0.1) is 0 Å². The number of rotatable bonds is 0. The zero-order chi connectivity index (χ0) is 8.29. The van der Waals surface area contributed by atoms with Gasteiger partial charge in [0, 0.05) is 0 Å². The Kier molecular flexibility index (Phi) is 0.781. The monoisotopic (exact) mass is 159 g/mol. The van der Waals surface area contributed by atoms with E-state index in [-0.39, 0.29) is 11.8 Å². The van der Waals surface area contributed by atoms with Crippen molar-refractivity contribution in [1.82, 2.24) is 5.32 Å². The van der Waals surface area contributed by atoms with Crippen LogP contribution in [0.15, 0.2) is 12.1 Å². The molecular formula is C9H5NO2. The van der Waals surface area contributed by atoms with Gasteiger partial charge in [-0.1, -0.05) is 0 Å². The van der Waals surface area contributed by atoms with E-state index in [0.29, 0.717) is 11.1 Å². The molecule has 1 aromatic rings. The molecule has 2 amide bonds. The van der Waals surface area contributed by atoms with Gasteiger partial charge in [0.1, 0.15) is 0 Å². The van der Waals surface area contributed by atoms with Crippen molar-refractivity contribution >= 4 is 11.8 Å². The molecular weight excluding hydrogens is 154 g/mol. The second kappa shape index (κ2) is 1.58. The fraction of sp³-hybridized carbons (Fsp3) is 0.111. The van der Waals surface area contributed by atoms with E-state index < -0.39 is 0 Å². The summed E-state index contributed by atoms with van der Waals surface area (Å²) < 4.78 is 0. The van der Waals surface area contributed by atoms with Crippen LogP contribution in [0.1, 0.15) is 31.8 Å². The first kappa shape index (κ1) is 5.94. The molecule has 2 aliphatic rings. The topological polar surface area (TPSA) is 46.2 Å². The van der Waals surface area contributed by atoms with Crippen molar-refractivity contribution in [1.29, 1.82) is 0 Å². The largest absolute Gasteiger partial charge is 0.288 e. The zero-order valence-electron chi connectivity index (χ0n) is 6.18. The Morgan fingerprint density at radius 3 is 2.00 bits per heavy atom. The number of amides is 2.